The molecule has 1 heterocycles. The van der Waals surface area contributed by atoms with Crippen molar-refractivity contribution in [1.82, 2.24) is 4.90 Å². The number of nitrogens with two attached hydrogens (primary N) is 1. The minimum Gasteiger partial charge on any atom is -0.379 e. The van der Waals surface area contributed by atoms with Crippen LogP contribution in [0, 0.1) is 6.92 Å². The van der Waals surface area contributed by atoms with E-state index in [1.54, 1.807) is 18.9 Å². The molecule has 0 bridgehead atoms. The topological polar surface area (TPSA) is 89.7 Å². The van der Waals surface area contributed by atoms with Crippen LogP contribution in [0.25, 0.3) is 0 Å². The smallest absolute Gasteiger partial charge is 0.254 e. The number of carbonyl (C=O) groups is 1. The van der Waals surface area contributed by atoms with E-state index in [4.69, 9.17) is 9.88 Å². The van der Waals surface area contributed by atoms with E-state index in [9.17, 15) is 13.2 Å². The van der Waals surface area contributed by atoms with E-state index in [0.29, 0.717) is 24.3 Å². The summed E-state index contributed by atoms with van der Waals surface area (Å²) in [5.74, 6) is -0.140. The van der Waals surface area contributed by atoms with E-state index < -0.39 is 10.0 Å². The average molecular weight is 298 g/mol. The number of primary sulfonamides is 1. The van der Waals surface area contributed by atoms with Crippen LogP contribution in [-0.4, -0.2) is 45.5 Å². The number of carbonyl (C=O) groups excluding carboxylic acids is 1. The maximum atomic E-state index is 12.4. The van der Waals surface area contributed by atoms with Gasteiger partial charge in [0.1, 0.15) is 0 Å². The highest BCUT2D eigenvalue weighted by Crippen LogP contribution is 2.19. The largest absolute Gasteiger partial charge is 0.379 e. The van der Waals surface area contributed by atoms with Gasteiger partial charge in [0, 0.05) is 19.2 Å². The van der Waals surface area contributed by atoms with Crippen LogP contribution in [0.15, 0.2) is 23.1 Å². The van der Waals surface area contributed by atoms with Gasteiger partial charge in [0.25, 0.3) is 5.91 Å². The summed E-state index contributed by atoms with van der Waals surface area (Å²) in [5, 5.41) is 5.07. The second-order valence-electron chi connectivity index (χ2n) is 4.96. The van der Waals surface area contributed by atoms with Crippen LogP contribution >= 0.6 is 0 Å². The fraction of sp³-hybridized carbons (Fsp3) is 0.462. The van der Waals surface area contributed by atoms with Crippen molar-refractivity contribution in [3.05, 3.63) is 29.3 Å². The first-order valence-electron chi connectivity index (χ1n) is 6.29. The Morgan fingerprint density at radius 2 is 2.15 bits per heavy atom. The highest BCUT2D eigenvalue weighted by molar-refractivity contribution is 7.89. The molecule has 6 nitrogen and oxygen atoms in total. The molecule has 1 aromatic rings. The number of benzene rings is 1. The maximum Gasteiger partial charge on any atom is 0.254 e. The third-order valence-electron chi connectivity index (χ3n) is 3.53. The lowest BCUT2D eigenvalue weighted by Crippen LogP contribution is -2.37. The van der Waals surface area contributed by atoms with E-state index in [2.05, 4.69) is 0 Å². The van der Waals surface area contributed by atoms with E-state index in [1.807, 2.05) is 0 Å². The number of aryl methyl sites for hydroxylation is 1. The Balaban J connectivity index is 2.26. The standard InChI is InChI=1S/C13H18N2O4S/c1-9-7-11(20(14,17)18)3-4-12(9)13(16)15(2)10-5-6-19-8-10/h3-4,7,10H,5-6,8H2,1-2H3,(H2,14,17,18). The summed E-state index contributed by atoms with van der Waals surface area (Å²) >= 11 is 0. The fourth-order valence-corrected chi connectivity index (χ4v) is 2.84. The molecule has 7 heteroatoms. The van der Waals surface area contributed by atoms with Crippen LogP contribution in [0.4, 0.5) is 0 Å². The van der Waals surface area contributed by atoms with Crippen molar-refractivity contribution in [2.45, 2.75) is 24.3 Å². The molecule has 2 N–H and O–H groups in total. The summed E-state index contributed by atoms with van der Waals surface area (Å²) in [5.41, 5.74) is 1.07. The van der Waals surface area contributed by atoms with E-state index >= 15 is 0 Å². The van der Waals surface area contributed by atoms with Gasteiger partial charge in [-0.3, -0.25) is 4.79 Å². The molecule has 2 rings (SSSR count). The second-order valence-corrected chi connectivity index (χ2v) is 6.52. The molecule has 110 valence electrons. The molecular weight excluding hydrogens is 280 g/mol. The zero-order valence-corrected chi connectivity index (χ0v) is 12.3. The lowest BCUT2D eigenvalue weighted by Gasteiger charge is -2.24. The first kappa shape index (κ1) is 15.0. The first-order chi connectivity index (χ1) is 9.30. The Labute approximate surface area is 118 Å². The molecule has 1 amide bonds. The van der Waals surface area contributed by atoms with Crippen molar-refractivity contribution in [3.63, 3.8) is 0 Å². The summed E-state index contributed by atoms with van der Waals surface area (Å²) in [6.07, 6.45) is 0.816. The van der Waals surface area contributed by atoms with Gasteiger partial charge in [0.05, 0.1) is 17.5 Å². The number of hydrogen-bond acceptors (Lipinski definition) is 4. The highest BCUT2D eigenvalue weighted by atomic mass is 32.2. The van der Waals surface area contributed by atoms with Crippen molar-refractivity contribution in [2.75, 3.05) is 20.3 Å². The van der Waals surface area contributed by atoms with Crippen molar-refractivity contribution in [1.29, 1.82) is 0 Å². The Morgan fingerprint density at radius 1 is 1.45 bits per heavy atom. The normalized spacial score (nSPS) is 19.1. The van der Waals surface area contributed by atoms with Crippen molar-refractivity contribution in [2.24, 2.45) is 5.14 Å². The SMILES string of the molecule is Cc1cc(S(N)(=O)=O)ccc1C(=O)N(C)C1CCOC1. The summed E-state index contributed by atoms with van der Waals surface area (Å²) in [6.45, 7) is 2.89. The summed E-state index contributed by atoms with van der Waals surface area (Å²) < 4.78 is 27.8. The Kier molecular flexibility index (Phi) is 4.12. The Bertz CT molecular complexity index is 621. The van der Waals surface area contributed by atoms with Crippen LogP contribution in [0.5, 0.6) is 0 Å². The summed E-state index contributed by atoms with van der Waals surface area (Å²) in [7, 11) is -2.02. The fourth-order valence-electron chi connectivity index (χ4n) is 2.24. The maximum absolute atomic E-state index is 12.4. The zero-order valence-electron chi connectivity index (χ0n) is 11.5. The number of hydrogen-bond donors (Lipinski definition) is 1. The van der Waals surface area contributed by atoms with E-state index in [-0.39, 0.29) is 16.8 Å². The molecule has 1 aliphatic rings. The highest BCUT2D eigenvalue weighted by Gasteiger charge is 2.26. The number of ether oxygens (including phenoxy) is 1. The zero-order chi connectivity index (χ0) is 14.9. The van der Waals surface area contributed by atoms with Crippen molar-refractivity contribution >= 4 is 15.9 Å². The molecule has 0 aliphatic carbocycles. The third-order valence-corrected chi connectivity index (χ3v) is 4.44. The number of likely N-dealkylation sites (N-methyl/N-ethyl adjacent to an activating group) is 1. The van der Waals surface area contributed by atoms with Crippen LogP contribution in [0.3, 0.4) is 0 Å². The average Bonchev–Trinajstić information content (AvgIpc) is 2.89. The third kappa shape index (κ3) is 3.00. The number of amides is 1. The minimum absolute atomic E-state index is 0.0124. The molecule has 20 heavy (non-hydrogen) atoms. The first-order valence-corrected chi connectivity index (χ1v) is 7.83. The van der Waals surface area contributed by atoms with Gasteiger partial charge in [-0.05, 0) is 37.1 Å². The molecule has 0 saturated carbocycles. The quantitative estimate of drug-likeness (QED) is 0.880. The van der Waals surface area contributed by atoms with Crippen LogP contribution in [0.2, 0.25) is 0 Å². The molecule has 1 aromatic carbocycles. The molecule has 1 unspecified atom stereocenters. The van der Waals surface area contributed by atoms with Crippen LogP contribution in [-0.2, 0) is 14.8 Å². The molecule has 0 aromatic heterocycles. The summed E-state index contributed by atoms with van der Waals surface area (Å²) in [4.78, 5) is 14.1. The predicted molar refractivity (Wildman–Crippen MR) is 73.9 cm³/mol. The van der Waals surface area contributed by atoms with E-state index in [1.165, 1.54) is 18.2 Å². The second kappa shape index (κ2) is 5.51. The van der Waals surface area contributed by atoms with Gasteiger partial charge in [-0.15, -0.1) is 0 Å². The Morgan fingerprint density at radius 3 is 2.65 bits per heavy atom. The summed E-state index contributed by atoms with van der Waals surface area (Å²) in [6, 6.07) is 4.35. The number of rotatable bonds is 3. The van der Waals surface area contributed by atoms with Gasteiger partial charge in [0.2, 0.25) is 10.0 Å². The number of nitrogens with zero attached hydrogens (tertiary/aromatic N) is 1. The molecule has 0 radical (unpaired) electrons. The lowest BCUT2D eigenvalue weighted by atomic mass is 10.1. The van der Waals surface area contributed by atoms with Gasteiger partial charge < -0.3 is 9.64 Å². The predicted octanol–water partition coefficient (Wildman–Crippen LogP) is 0.503. The van der Waals surface area contributed by atoms with Gasteiger partial charge in [-0.25, -0.2) is 13.6 Å². The minimum atomic E-state index is -3.75. The van der Waals surface area contributed by atoms with Crippen molar-refractivity contribution < 1.29 is 17.9 Å². The Hall–Kier alpha value is -1.44. The van der Waals surface area contributed by atoms with Crippen LogP contribution < -0.4 is 5.14 Å². The van der Waals surface area contributed by atoms with Gasteiger partial charge in [-0.2, -0.15) is 0 Å². The lowest BCUT2D eigenvalue weighted by molar-refractivity contribution is 0.0710. The van der Waals surface area contributed by atoms with Gasteiger partial charge >= 0.3 is 0 Å². The number of sulfonamides is 1. The monoisotopic (exact) mass is 298 g/mol. The van der Waals surface area contributed by atoms with E-state index in [0.717, 1.165) is 6.42 Å². The van der Waals surface area contributed by atoms with Crippen molar-refractivity contribution in [3.8, 4) is 0 Å². The van der Waals surface area contributed by atoms with Gasteiger partial charge in [0.15, 0.2) is 0 Å². The molecule has 0 spiro atoms. The molecule has 1 fully saturated rings. The van der Waals surface area contributed by atoms with Gasteiger partial charge in [-0.1, -0.05) is 0 Å². The van der Waals surface area contributed by atoms with Crippen LogP contribution in [0.1, 0.15) is 22.3 Å². The molecule has 1 aliphatic heterocycles. The molecule has 1 atom stereocenters. The molecular formula is C13H18N2O4S. The molecule has 1 saturated heterocycles.